The summed E-state index contributed by atoms with van der Waals surface area (Å²) in [6, 6.07) is 7.11. The number of hydrogen-bond acceptors (Lipinski definition) is 4. The van der Waals surface area contributed by atoms with E-state index >= 15 is 0 Å². The van der Waals surface area contributed by atoms with Gasteiger partial charge in [-0.3, -0.25) is 0 Å². The zero-order chi connectivity index (χ0) is 15.5. The van der Waals surface area contributed by atoms with Crippen LogP contribution in [0.4, 0.5) is 0 Å². The molecule has 4 heteroatoms. The van der Waals surface area contributed by atoms with Crippen molar-refractivity contribution in [1.82, 2.24) is 4.90 Å². The summed E-state index contributed by atoms with van der Waals surface area (Å²) in [6.07, 6.45) is 1.83. The first-order valence-corrected chi connectivity index (χ1v) is 7.83. The topological polar surface area (TPSA) is 38.8 Å². The van der Waals surface area contributed by atoms with Gasteiger partial charge >= 0.3 is 5.97 Å². The first-order chi connectivity index (χ1) is 10.2. The normalized spacial score (nSPS) is 10.7. The van der Waals surface area contributed by atoms with E-state index in [2.05, 4.69) is 25.7 Å². The van der Waals surface area contributed by atoms with Crippen LogP contribution in [0.25, 0.3) is 0 Å². The van der Waals surface area contributed by atoms with Crippen LogP contribution in [0.2, 0.25) is 0 Å². The quantitative estimate of drug-likeness (QED) is 0.490. The summed E-state index contributed by atoms with van der Waals surface area (Å²) in [4.78, 5) is 14.2. The Bertz CT molecular complexity index is 399. The molecule has 0 atom stereocenters. The smallest absolute Gasteiger partial charge is 0.338 e. The lowest BCUT2D eigenvalue weighted by molar-refractivity contribution is 0.0489. The highest BCUT2D eigenvalue weighted by Crippen LogP contribution is 2.13. The Kier molecular flexibility index (Phi) is 8.51. The van der Waals surface area contributed by atoms with Crippen molar-refractivity contribution >= 4 is 5.97 Å². The summed E-state index contributed by atoms with van der Waals surface area (Å²) in [6.45, 7) is 10.5. The van der Waals surface area contributed by atoms with E-state index in [0.29, 0.717) is 18.8 Å². The highest BCUT2D eigenvalue weighted by Gasteiger charge is 2.07. The molecular formula is C17H27NO3. The zero-order valence-corrected chi connectivity index (χ0v) is 13.4. The molecule has 21 heavy (non-hydrogen) atoms. The third-order valence-corrected chi connectivity index (χ3v) is 3.31. The zero-order valence-electron chi connectivity index (χ0n) is 13.4. The molecule has 0 bridgehead atoms. The summed E-state index contributed by atoms with van der Waals surface area (Å²) >= 11 is 0. The lowest BCUT2D eigenvalue weighted by Gasteiger charge is -2.17. The van der Waals surface area contributed by atoms with Crippen molar-refractivity contribution in [2.45, 2.75) is 33.6 Å². The molecule has 0 fully saturated rings. The predicted molar refractivity (Wildman–Crippen MR) is 84.9 cm³/mol. The Hall–Kier alpha value is -1.55. The lowest BCUT2D eigenvalue weighted by atomic mass is 10.2. The van der Waals surface area contributed by atoms with Gasteiger partial charge in [0, 0.05) is 6.54 Å². The van der Waals surface area contributed by atoms with Crippen LogP contribution in [0.15, 0.2) is 24.3 Å². The molecule has 4 nitrogen and oxygen atoms in total. The number of benzene rings is 1. The Labute approximate surface area is 128 Å². The van der Waals surface area contributed by atoms with E-state index in [4.69, 9.17) is 9.47 Å². The van der Waals surface area contributed by atoms with Crippen molar-refractivity contribution in [2.24, 2.45) is 0 Å². The average Bonchev–Trinajstić information content (AvgIpc) is 2.53. The van der Waals surface area contributed by atoms with Crippen LogP contribution < -0.4 is 4.74 Å². The monoisotopic (exact) mass is 293 g/mol. The number of esters is 1. The molecule has 0 amide bonds. The number of nitrogens with zero attached hydrogens (tertiary/aromatic N) is 1. The molecule has 0 aliphatic heterocycles. The Morgan fingerprint density at radius 1 is 1.05 bits per heavy atom. The molecule has 0 unspecified atom stereocenters. The molecule has 1 aromatic rings. The van der Waals surface area contributed by atoms with E-state index in [-0.39, 0.29) is 5.97 Å². The van der Waals surface area contributed by atoms with Gasteiger partial charge < -0.3 is 14.4 Å². The van der Waals surface area contributed by atoms with Gasteiger partial charge in [0.15, 0.2) is 0 Å². The summed E-state index contributed by atoms with van der Waals surface area (Å²) in [7, 11) is 0. The number of hydrogen-bond donors (Lipinski definition) is 0. The van der Waals surface area contributed by atoms with Gasteiger partial charge in [-0.1, -0.05) is 20.8 Å². The molecule has 0 heterocycles. The van der Waals surface area contributed by atoms with E-state index in [1.807, 2.05) is 12.1 Å². The van der Waals surface area contributed by atoms with Gasteiger partial charge in [-0.15, -0.1) is 0 Å². The maximum Gasteiger partial charge on any atom is 0.338 e. The van der Waals surface area contributed by atoms with Gasteiger partial charge in [-0.05, 0) is 50.2 Å². The number of carbonyl (C=O) groups is 1. The molecule has 0 radical (unpaired) electrons. The molecule has 0 aromatic heterocycles. The average molecular weight is 293 g/mol. The fourth-order valence-electron chi connectivity index (χ4n) is 1.98. The van der Waals surface area contributed by atoms with Crippen LogP contribution in [-0.4, -0.2) is 43.7 Å². The molecule has 1 aromatic carbocycles. The largest absolute Gasteiger partial charge is 0.494 e. The molecule has 0 spiro atoms. The lowest BCUT2D eigenvalue weighted by Crippen LogP contribution is -2.25. The summed E-state index contributed by atoms with van der Waals surface area (Å²) in [5.74, 6) is 0.520. The summed E-state index contributed by atoms with van der Waals surface area (Å²) < 4.78 is 10.8. The predicted octanol–water partition coefficient (Wildman–Crippen LogP) is 3.36. The first kappa shape index (κ1) is 17.5. The van der Waals surface area contributed by atoms with E-state index in [1.54, 1.807) is 12.1 Å². The maximum atomic E-state index is 11.9. The molecule has 0 N–H and O–H groups in total. The van der Waals surface area contributed by atoms with Crippen molar-refractivity contribution in [2.75, 3.05) is 32.8 Å². The standard InChI is InChI=1S/C17H27NO3/c1-4-13-20-16-10-8-15(9-11-16)17(19)21-14-7-12-18(5-2)6-3/h8-11H,4-7,12-14H2,1-3H3. The number of carbonyl (C=O) groups excluding carboxylic acids is 1. The summed E-state index contributed by atoms with van der Waals surface area (Å²) in [5, 5.41) is 0. The fourth-order valence-corrected chi connectivity index (χ4v) is 1.98. The Morgan fingerprint density at radius 3 is 2.29 bits per heavy atom. The van der Waals surface area contributed by atoms with Gasteiger partial charge in [0.1, 0.15) is 5.75 Å². The van der Waals surface area contributed by atoms with Gasteiger partial charge in [0.05, 0.1) is 18.8 Å². The van der Waals surface area contributed by atoms with Crippen LogP contribution in [-0.2, 0) is 4.74 Å². The van der Waals surface area contributed by atoms with E-state index in [9.17, 15) is 4.79 Å². The van der Waals surface area contributed by atoms with Gasteiger partial charge in [0.25, 0.3) is 0 Å². The third-order valence-electron chi connectivity index (χ3n) is 3.31. The van der Waals surface area contributed by atoms with Gasteiger partial charge in [-0.25, -0.2) is 4.79 Å². The van der Waals surface area contributed by atoms with Crippen LogP contribution >= 0.6 is 0 Å². The van der Waals surface area contributed by atoms with Gasteiger partial charge in [-0.2, -0.15) is 0 Å². The molecule has 118 valence electrons. The number of ether oxygens (including phenoxy) is 2. The summed E-state index contributed by atoms with van der Waals surface area (Å²) in [5.41, 5.74) is 0.571. The van der Waals surface area contributed by atoms with Crippen molar-refractivity contribution in [3.8, 4) is 5.75 Å². The van der Waals surface area contributed by atoms with E-state index in [0.717, 1.165) is 38.2 Å². The SMILES string of the molecule is CCCOc1ccc(C(=O)OCCCN(CC)CC)cc1. The third kappa shape index (κ3) is 6.63. The number of rotatable bonds is 10. The minimum atomic E-state index is -0.267. The van der Waals surface area contributed by atoms with E-state index < -0.39 is 0 Å². The molecule has 0 aliphatic carbocycles. The van der Waals surface area contributed by atoms with Crippen molar-refractivity contribution in [1.29, 1.82) is 0 Å². The Balaban J connectivity index is 2.31. The van der Waals surface area contributed by atoms with Gasteiger partial charge in [0.2, 0.25) is 0 Å². The molecule has 0 saturated heterocycles. The van der Waals surface area contributed by atoms with Crippen molar-refractivity contribution < 1.29 is 14.3 Å². The fraction of sp³-hybridized carbons (Fsp3) is 0.588. The minimum Gasteiger partial charge on any atom is -0.494 e. The highest BCUT2D eigenvalue weighted by molar-refractivity contribution is 5.89. The second-order valence-corrected chi connectivity index (χ2v) is 4.89. The van der Waals surface area contributed by atoms with E-state index in [1.165, 1.54) is 0 Å². The van der Waals surface area contributed by atoms with Crippen molar-refractivity contribution in [3.05, 3.63) is 29.8 Å². The Morgan fingerprint density at radius 2 is 1.71 bits per heavy atom. The van der Waals surface area contributed by atoms with Crippen LogP contribution in [0, 0.1) is 0 Å². The minimum absolute atomic E-state index is 0.267. The maximum absolute atomic E-state index is 11.9. The molecular weight excluding hydrogens is 266 g/mol. The first-order valence-electron chi connectivity index (χ1n) is 7.83. The highest BCUT2D eigenvalue weighted by atomic mass is 16.5. The second kappa shape index (κ2) is 10.2. The van der Waals surface area contributed by atoms with Crippen LogP contribution in [0.5, 0.6) is 5.75 Å². The van der Waals surface area contributed by atoms with Crippen LogP contribution in [0.3, 0.4) is 0 Å². The van der Waals surface area contributed by atoms with Crippen molar-refractivity contribution in [3.63, 3.8) is 0 Å². The molecule has 0 aliphatic rings. The second-order valence-electron chi connectivity index (χ2n) is 4.89. The van der Waals surface area contributed by atoms with Crippen LogP contribution in [0.1, 0.15) is 44.0 Å². The molecule has 0 saturated carbocycles. The molecule has 1 rings (SSSR count).